The van der Waals surface area contributed by atoms with E-state index in [2.05, 4.69) is 13.8 Å². The van der Waals surface area contributed by atoms with E-state index in [1.807, 2.05) is 0 Å². The molecule has 0 heterocycles. The smallest absolute Gasteiger partial charge is 0.497 e. The van der Waals surface area contributed by atoms with Gasteiger partial charge in [-0.2, -0.15) is 5.66 Å². The van der Waals surface area contributed by atoms with Crippen LogP contribution in [-0.4, -0.2) is 25.4 Å². The zero-order valence-electron chi connectivity index (χ0n) is 11.7. The van der Waals surface area contributed by atoms with Crippen molar-refractivity contribution in [2.45, 2.75) is 25.9 Å². The zero-order valence-corrected chi connectivity index (χ0v) is 12.6. The molecule has 0 saturated heterocycles. The second kappa shape index (κ2) is 8.59. The second-order valence-corrected chi connectivity index (χ2v) is 5.30. The minimum absolute atomic E-state index is 0. The van der Waals surface area contributed by atoms with Crippen LogP contribution in [0.25, 0.3) is 0 Å². The van der Waals surface area contributed by atoms with E-state index in [1.54, 1.807) is 32.4 Å². The fraction of sp³-hybridized carbons (Fsp3) is 0.462. The molecule has 0 aromatic heterocycles. The summed E-state index contributed by atoms with van der Waals surface area (Å²) in [6.07, 6.45) is 0.992. The van der Waals surface area contributed by atoms with Gasteiger partial charge in [-0.1, -0.05) is 20.3 Å². The summed E-state index contributed by atoms with van der Waals surface area (Å²) in [5.74, 6) is 1.27. The van der Waals surface area contributed by atoms with Gasteiger partial charge in [0.1, 0.15) is 11.5 Å². The summed E-state index contributed by atoms with van der Waals surface area (Å²) >= 11 is 0. The molecule has 1 atom stereocenters. The topological polar surface area (TPSA) is 35.5 Å². The van der Waals surface area contributed by atoms with E-state index in [0.717, 1.165) is 15.0 Å². The third kappa shape index (κ3) is 4.65. The molecule has 1 aromatic carbocycles. The minimum atomic E-state index is 0. The van der Waals surface area contributed by atoms with Crippen LogP contribution in [0.15, 0.2) is 18.2 Å². The molecule has 5 heteroatoms. The van der Waals surface area contributed by atoms with Crippen molar-refractivity contribution < 1.29 is 33.1 Å². The molecule has 94 valence electrons. The molecule has 1 rings (SSSR count). The molecule has 18 heavy (non-hydrogen) atoms. The molecule has 0 aliphatic carbocycles. The average molecular weight is 260 g/mol. The Bertz CT molecular complexity index is 396. The molecule has 0 bridgehead atoms. The van der Waals surface area contributed by atoms with Crippen molar-refractivity contribution in [2.75, 3.05) is 14.2 Å². The molecule has 0 aliphatic rings. The summed E-state index contributed by atoms with van der Waals surface area (Å²) in [5, 5.41) is 0. The Morgan fingerprint density at radius 1 is 1.33 bits per heavy atom. The van der Waals surface area contributed by atoms with Crippen molar-refractivity contribution in [2.24, 2.45) is 0 Å². The molecule has 0 saturated carbocycles. The quantitative estimate of drug-likeness (QED) is 0.555. The van der Waals surface area contributed by atoms with Crippen molar-refractivity contribution in [1.82, 2.24) is 0 Å². The van der Waals surface area contributed by atoms with E-state index in [4.69, 9.17) is 9.47 Å². The maximum absolute atomic E-state index is 12.1. The predicted octanol–water partition coefficient (Wildman–Crippen LogP) is 0.593. The van der Waals surface area contributed by atoms with E-state index in [9.17, 15) is 4.79 Å². The molecule has 0 amide bonds. The van der Waals surface area contributed by atoms with Crippen LogP contribution in [0.4, 0.5) is 0 Å². The van der Waals surface area contributed by atoms with Crippen molar-refractivity contribution >= 4 is 14.1 Å². The SMILES string of the molecule is CCC(C)[P-]C(=O)c1ccc(OC)cc1OC.[Li+]. The molecule has 1 unspecified atom stereocenters. The maximum atomic E-state index is 12.1. The third-order valence-electron chi connectivity index (χ3n) is 2.57. The van der Waals surface area contributed by atoms with E-state index in [-0.39, 0.29) is 24.4 Å². The Balaban J connectivity index is 0.00000289. The van der Waals surface area contributed by atoms with E-state index in [0.29, 0.717) is 22.7 Å². The van der Waals surface area contributed by atoms with E-state index < -0.39 is 0 Å². The van der Waals surface area contributed by atoms with Gasteiger partial charge in [0.15, 0.2) is 0 Å². The molecule has 1 aromatic rings. The maximum Gasteiger partial charge on any atom is 1.00 e. The molecule has 0 radical (unpaired) electrons. The van der Waals surface area contributed by atoms with Crippen molar-refractivity contribution in [3.8, 4) is 11.5 Å². The minimum Gasteiger partial charge on any atom is -0.497 e. The number of carbonyl (C=O) groups excluding carboxylic acids is 1. The third-order valence-corrected chi connectivity index (χ3v) is 3.85. The van der Waals surface area contributed by atoms with Crippen molar-refractivity contribution in [3.63, 3.8) is 0 Å². The van der Waals surface area contributed by atoms with Crippen LogP contribution in [-0.2, 0) is 0 Å². The molecule has 0 N–H and O–H groups in total. The van der Waals surface area contributed by atoms with E-state index in [1.165, 1.54) is 0 Å². The standard InChI is InChI=1S/C13H18O3P.Li/c1-5-9(2)17-13(14)11-7-6-10(15-3)8-12(11)16-4;/h6-9H,5H2,1-4H3;/q-1;+1. The Labute approximate surface area is 123 Å². The Hall–Kier alpha value is -0.483. The van der Waals surface area contributed by atoms with Crippen LogP contribution in [0.3, 0.4) is 0 Å². The summed E-state index contributed by atoms with van der Waals surface area (Å²) < 4.78 is 10.3. The molecule has 0 spiro atoms. The summed E-state index contributed by atoms with van der Waals surface area (Å²) in [4.78, 5) is 12.1. The van der Waals surface area contributed by atoms with Gasteiger partial charge in [-0.15, -0.1) is 0 Å². The number of ether oxygens (including phenoxy) is 2. The number of methoxy groups -OCH3 is 2. The van der Waals surface area contributed by atoms with Gasteiger partial charge < -0.3 is 22.8 Å². The van der Waals surface area contributed by atoms with Gasteiger partial charge in [-0.05, 0) is 12.1 Å². The van der Waals surface area contributed by atoms with Crippen molar-refractivity contribution in [1.29, 1.82) is 0 Å². The van der Waals surface area contributed by atoms with Gasteiger partial charge in [-0.3, -0.25) is 0 Å². The summed E-state index contributed by atoms with van der Waals surface area (Å²) in [6.45, 7) is 4.14. The molecular formula is C13H18LiO3P. The molecular weight excluding hydrogens is 242 g/mol. The molecule has 3 nitrogen and oxygen atoms in total. The van der Waals surface area contributed by atoms with Gasteiger partial charge in [0.2, 0.25) is 0 Å². The van der Waals surface area contributed by atoms with Crippen LogP contribution in [0, 0.1) is 0 Å². The Morgan fingerprint density at radius 2 is 2.00 bits per heavy atom. The number of carbonyl (C=O) groups is 1. The predicted molar refractivity (Wildman–Crippen MR) is 70.5 cm³/mol. The summed E-state index contributed by atoms with van der Waals surface area (Å²) in [7, 11) is 3.97. The van der Waals surface area contributed by atoms with Crippen LogP contribution in [0.5, 0.6) is 11.5 Å². The van der Waals surface area contributed by atoms with Crippen LogP contribution >= 0.6 is 8.58 Å². The second-order valence-electron chi connectivity index (χ2n) is 3.76. The fourth-order valence-electron chi connectivity index (χ4n) is 1.34. The van der Waals surface area contributed by atoms with Gasteiger partial charge in [-0.25, -0.2) is 0 Å². The van der Waals surface area contributed by atoms with Crippen LogP contribution in [0.2, 0.25) is 0 Å². The van der Waals surface area contributed by atoms with Gasteiger partial charge >= 0.3 is 18.9 Å². The summed E-state index contributed by atoms with van der Waals surface area (Å²) in [6, 6.07) is 5.27. The fourth-order valence-corrected chi connectivity index (χ4v) is 2.24. The van der Waals surface area contributed by atoms with Gasteiger partial charge in [0.05, 0.1) is 14.2 Å². The van der Waals surface area contributed by atoms with Gasteiger partial charge in [0.25, 0.3) is 0 Å². The number of rotatable bonds is 6. The molecule has 0 aliphatic heterocycles. The van der Waals surface area contributed by atoms with Crippen molar-refractivity contribution in [3.05, 3.63) is 23.8 Å². The largest absolute Gasteiger partial charge is 1.00 e. The van der Waals surface area contributed by atoms with Crippen LogP contribution < -0.4 is 28.3 Å². The zero-order chi connectivity index (χ0) is 12.8. The first-order valence-corrected chi connectivity index (χ1v) is 6.56. The summed E-state index contributed by atoms with van der Waals surface area (Å²) in [5.41, 5.74) is 1.09. The normalized spacial score (nSPS) is 12.0. The Kier molecular flexibility index (Phi) is 8.36. The number of benzene rings is 1. The monoisotopic (exact) mass is 260 g/mol. The Morgan fingerprint density at radius 3 is 2.50 bits per heavy atom. The first-order chi connectivity index (χ1) is 8.12. The van der Waals surface area contributed by atoms with Gasteiger partial charge in [0, 0.05) is 17.2 Å². The number of hydrogen-bond acceptors (Lipinski definition) is 3. The first-order valence-electron chi connectivity index (χ1n) is 5.59. The average Bonchev–Trinajstić information content (AvgIpc) is 2.37. The van der Waals surface area contributed by atoms with E-state index >= 15 is 0 Å². The molecule has 0 fully saturated rings. The first kappa shape index (κ1) is 17.5. The number of hydrogen-bond donors (Lipinski definition) is 0. The van der Waals surface area contributed by atoms with Crippen LogP contribution in [0.1, 0.15) is 30.6 Å².